The highest BCUT2D eigenvalue weighted by Gasteiger charge is 2.06. The number of rotatable bonds is 7. The molecule has 2 rings (SSSR count). The Balaban J connectivity index is 1.71. The minimum absolute atomic E-state index is 0.104. The topological polar surface area (TPSA) is 56.1 Å². The Morgan fingerprint density at radius 3 is 3.19 bits per heavy atom. The molecule has 1 aromatic rings. The van der Waals surface area contributed by atoms with Crippen molar-refractivity contribution in [1.82, 2.24) is 15.1 Å². The average Bonchev–Trinajstić information content (AvgIpc) is 2.92. The molecule has 5 nitrogen and oxygen atoms in total. The summed E-state index contributed by atoms with van der Waals surface area (Å²) in [5.74, 6) is -0.104. The summed E-state index contributed by atoms with van der Waals surface area (Å²) < 4.78 is 6.86. The van der Waals surface area contributed by atoms with Gasteiger partial charge in [0.2, 0.25) is 0 Å². The van der Waals surface area contributed by atoms with Crippen LogP contribution in [0, 0.1) is 0 Å². The molecule has 1 N–H and O–H groups in total. The van der Waals surface area contributed by atoms with Gasteiger partial charge in [-0.05, 0) is 51.3 Å². The summed E-state index contributed by atoms with van der Waals surface area (Å²) in [7, 11) is 0. The predicted octanol–water partition coefficient (Wildman–Crippen LogP) is 2.38. The Hall–Kier alpha value is -1.62. The summed E-state index contributed by atoms with van der Waals surface area (Å²) in [6, 6.07) is 2.05. The molecule has 0 spiro atoms. The maximum absolute atomic E-state index is 11.2. The zero-order valence-corrected chi connectivity index (χ0v) is 12.8. The van der Waals surface area contributed by atoms with Crippen molar-refractivity contribution in [2.75, 3.05) is 19.7 Å². The third-order valence-electron chi connectivity index (χ3n) is 3.54. The molecule has 2 heterocycles. The van der Waals surface area contributed by atoms with Gasteiger partial charge in [0.25, 0.3) is 0 Å². The van der Waals surface area contributed by atoms with Gasteiger partial charge in [0.05, 0.1) is 12.3 Å². The molecule has 0 aromatic carbocycles. The molecule has 21 heavy (non-hydrogen) atoms. The molecule has 1 fully saturated rings. The van der Waals surface area contributed by atoms with Crippen LogP contribution in [0.2, 0.25) is 0 Å². The van der Waals surface area contributed by atoms with Crippen molar-refractivity contribution in [3.8, 4) is 0 Å². The lowest BCUT2D eigenvalue weighted by Gasteiger charge is -2.14. The minimum atomic E-state index is -0.104. The molecule has 0 radical (unpaired) electrons. The van der Waals surface area contributed by atoms with E-state index in [1.165, 1.54) is 18.4 Å². The van der Waals surface area contributed by atoms with Crippen molar-refractivity contribution in [3.05, 3.63) is 23.5 Å². The van der Waals surface area contributed by atoms with Crippen LogP contribution < -0.4 is 5.32 Å². The Morgan fingerprint density at radius 2 is 2.43 bits per heavy atom. The lowest BCUT2D eigenvalue weighted by atomic mass is 10.1. The number of nitrogens with one attached hydrogen (secondary N) is 1. The molecule has 0 aliphatic carbocycles. The number of hydrogen-bond donors (Lipinski definition) is 1. The van der Waals surface area contributed by atoms with Crippen molar-refractivity contribution < 1.29 is 9.53 Å². The normalized spacial score (nSPS) is 17.1. The van der Waals surface area contributed by atoms with E-state index in [2.05, 4.69) is 16.5 Å². The van der Waals surface area contributed by atoms with Gasteiger partial charge in [-0.25, -0.2) is 0 Å². The Bertz CT molecular complexity index is 472. The molecule has 5 heteroatoms. The second-order valence-corrected chi connectivity index (χ2v) is 5.35. The molecule has 0 saturated carbocycles. The van der Waals surface area contributed by atoms with E-state index in [9.17, 15) is 4.79 Å². The molecule has 1 saturated heterocycles. The Kier molecular flexibility index (Phi) is 6.47. The van der Waals surface area contributed by atoms with E-state index in [1.807, 2.05) is 23.9 Å². The SMILES string of the molecule is CCOC(=O)CCCCn1ccc(C=C2CCCNC2)n1. The summed E-state index contributed by atoms with van der Waals surface area (Å²) in [6.45, 7) is 5.24. The number of aromatic nitrogens is 2. The quantitative estimate of drug-likeness (QED) is 0.619. The smallest absolute Gasteiger partial charge is 0.305 e. The monoisotopic (exact) mass is 291 g/mol. The van der Waals surface area contributed by atoms with Crippen LogP contribution in [0.4, 0.5) is 0 Å². The second kappa shape index (κ2) is 8.62. The van der Waals surface area contributed by atoms with Gasteiger partial charge in [-0.2, -0.15) is 5.10 Å². The van der Waals surface area contributed by atoms with Crippen LogP contribution in [0.1, 0.15) is 44.7 Å². The summed E-state index contributed by atoms with van der Waals surface area (Å²) in [6.07, 6.45) is 8.85. The molecule has 0 amide bonds. The van der Waals surface area contributed by atoms with Crippen LogP contribution in [0.5, 0.6) is 0 Å². The zero-order chi connectivity index (χ0) is 14.9. The highest BCUT2D eigenvalue weighted by molar-refractivity contribution is 5.69. The van der Waals surface area contributed by atoms with Crippen LogP contribution in [-0.4, -0.2) is 35.4 Å². The predicted molar refractivity (Wildman–Crippen MR) is 82.8 cm³/mol. The molecule has 1 aliphatic heterocycles. The fraction of sp³-hybridized carbons (Fsp3) is 0.625. The van der Waals surface area contributed by atoms with Crippen LogP contribution in [0.25, 0.3) is 6.08 Å². The van der Waals surface area contributed by atoms with Gasteiger partial charge in [-0.15, -0.1) is 0 Å². The number of piperidine rings is 1. The molecule has 116 valence electrons. The molecule has 1 aliphatic rings. The van der Waals surface area contributed by atoms with Crippen molar-refractivity contribution in [3.63, 3.8) is 0 Å². The van der Waals surface area contributed by atoms with Crippen molar-refractivity contribution in [2.45, 2.75) is 45.6 Å². The lowest BCUT2D eigenvalue weighted by Crippen LogP contribution is -2.23. The van der Waals surface area contributed by atoms with E-state index in [-0.39, 0.29) is 5.97 Å². The number of unbranched alkanes of at least 4 members (excludes halogenated alkanes) is 1. The van der Waals surface area contributed by atoms with Crippen LogP contribution >= 0.6 is 0 Å². The number of carbonyl (C=O) groups is 1. The summed E-state index contributed by atoms with van der Waals surface area (Å²) in [5.41, 5.74) is 2.45. The molecule has 0 atom stereocenters. The van der Waals surface area contributed by atoms with E-state index in [0.29, 0.717) is 13.0 Å². The summed E-state index contributed by atoms with van der Waals surface area (Å²) in [5, 5.41) is 7.93. The maximum atomic E-state index is 11.2. The molecule has 0 unspecified atom stereocenters. The summed E-state index contributed by atoms with van der Waals surface area (Å²) >= 11 is 0. The third-order valence-corrected chi connectivity index (χ3v) is 3.54. The number of hydrogen-bond acceptors (Lipinski definition) is 4. The Morgan fingerprint density at radius 1 is 1.52 bits per heavy atom. The minimum Gasteiger partial charge on any atom is -0.466 e. The van der Waals surface area contributed by atoms with E-state index >= 15 is 0 Å². The van der Waals surface area contributed by atoms with Gasteiger partial charge < -0.3 is 10.1 Å². The largest absolute Gasteiger partial charge is 0.466 e. The highest BCUT2D eigenvalue weighted by atomic mass is 16.5. The third kappa shape index (κ3) is 5.71. The van der Waals surface area contributed by atoms with Gasteiger partial charge in [0.1, 0.15) is 0 Å². The van der Waals surface area contributed by atoms with Gasteiger partial charge in [-0.1, -0.05) is 5.57 Å². The van der Waals surface area contributed by atoms with E-state index in [1.54, 1.807) is 0 Å². The van der Waals surface area contributed by atoms with Crippen molar-refractivity contribution >= 4 is 12.0 Å². The first kappa shape index (κ1) is 15.8. The molecular weight excluding hydrogens is 266 g/mol. The first-order valence-corrected chi connectivity index (χ1v) is 7.87. The van der Waals surface area contributed by atoms with E-state index in [4.69, 9.17) is 4.74 Å². The van der Waals surface area contributed by atoms with Crippen LogP contribution in [-0.2, 0) is 16.1 Å². The number of carbonyl (C=O) groups excluding carboxylic acids is 1. The number of nitrogens with zero attached hydrogens (tertiary/aromatic N) is 2. The average molecular weight is 291 g/mol. The molecular formula is C16H25N3O2. The number of esters is 1. The van der Waals surface area contributed by atoms with E-state index < -0.39 is 0 Å². The Labute approximate surface area is 126 Å². The standard InChI is InChI=1S/C16H25N3O2/c1-2-21-16(20)7-3-4-10-19-11-8-15(18-19)12-14-6-5-9-17-13-14/h8,11-12,17H,2-7,9-10,13H2,1H3. The van der Waals surface area contributed by atoms with Crippen LogP contribution in [0.15, 0.2) is 17.8 Å². The van der Waals surface area contributed by atoms with Gasteiger partial charge in [-0.3, -0.25) is 9.48 Å². The lowest BCUT2D eigenvalue weighted by molar-refractivity contribution is -0.143. The zero-order valence-electron chi connectivity index (χ0n) is 12.8. The summed E-state index contributed by atoms with van der Waals surface area (Å²) in [4.78, 5) is 11.2. The number of ether oxygens (including phenoxy) is 1. The fourth-order valence-electron chi connectivity index (χ4n) is 2.47. The molecule has 0 bridgehead atoms. The second-order valence-electron chi connectivity index (χ2n) is 5.35. The van der Waals surface area contributed by atoms with Crippen molar-refractivity contribution in [2.24, 2.45) is 0 Å². The first-order valence-electron chi connectivity index (χ1n) is 7.87. The fourth-order valence-corrected chi connectivity index (χ4v) is 2.47. The maximum Gasteiger partial charge on any atom is 0.305 e. The van der Waals surface area contributed by atoms with Crippen LogP contribution in [0.3, 0.4) is 0 Å². The van der Waals surface area contributed by atoms with Gasteiger partial charge in [0, 0.05) is 25.7 Å². The van der Waals surface area contributed by atoms with Gasteiger partial charge >= 0.3 is 5.97 Å². The molecule has 1 aromatic heterocycles. The highest BCUT2D eigenvalue weighted by Crippen LogP contribution is 2.12. The first-order chi connectivity index (χ1) is 10.3. The number of aryl methyl sites for hydroxylation is 1. The van der Waals surface area contributed by atoms with Gasteiger partial charge in [0.15, 0.2) is 0 Å². The van der Waals surface area contributed by atoms with E-state index in [0.717, 1.165) is 38.2 Å². The van der Waals surface area contributed by atoms with Crippen molar-refractivity contribution in [1.29, 1.82) is 0 Å².